The molecule has 2 N–H and O–H groups in total. The number of methoxy groups -OCH3 is 1. The number of aliphatic hydroxyl groups excluding tert-OH is 1. The largest absolute Gasteiger partial charge is 0.392 e. The summed E-state index contributed by atoms with van der Waals surface area (Å²) in [6, 6.07) is 0.339. The van der Waals surface area contributed by atoms with Crippen LogP contribution < -0.4 is 5.32 Å². The number of likely N-dealkylation sites (N-methyl/N-ethyl adjacent to an activating group) is 1. The number of piperidine rings is 1. The zero-order valence-corrected chi connectivity index (χ0v) is 11.7. The number of ether oxygens (including phenoxy) is 1. The van der Waals surface area contributed by atoms with Crippen LogP contribution in [0.15, 0.2) is 0 Å². The van der Waals surface area contributed by atoms with Crippen molar-refractivity contribution in [1.82, 2.24) is 10.2 Å². The fourth-order valence-corrected chi connectivity index (χ4v) is 2.53. The molecule has 0 aromatic heterocycles. The van der Waals surface area contributed by atoms with Crippen molar-refractivity contribution >= 4 is 0 Å². The van der Waals surface area contributed by atoms with Gasteiger partial charge in [0.25, 0.3) is 0 Å². The molecule has 0 saturated carbocycles. The Morgan fingerprint density at radius 1 is 1.53 bits per heavy atom. The Morgan fingerprint density at radius 3 is 2.76 bits per heavy atom. The van der Waals surface area contributed by atoms with Crippen LogP contribution >= 0.6 is 0 Å². The second kappa shape index (κ2) is 6.69. The van der Waals surface area contributed by atoms with Gasteiger partial charge in [-0.1, -0.05) is 0 Å². The van der Waals surface area contributed by atoms with Crippen LogP contribution in [0.3, 0.4) is 0 Å². The van der Waals surface area contributed by atoms with E-state index in [2.05, 4.69) is 24.1 Å². The summed E-state index contributed by atoms with van der Waals surface area (Å²) in [6.45, 7) is 7.18. The lowest BCUT2D eigenvalue weighted by Gasteiger charge is -2.36. The molecular formula is C13H28N2O2. The molecule has 4 heteroatoms. The quantitative estimate of drug-likeness (QED) is 0.727. The van der Waals surface area contributed by atoms with Gasteiger partial charge in [-0.25, -0.2) is 0 Å². The Morgan fingerprint density at radius 2 is 2.24 bits per heavy atom. The standard InChI is InChI=1S/C13H28N2O2/c1-13(2,17-4)12(14-3)7-9-15-8-5-6-11(16)10-15/h11-12,14,16H,5-10H2,1-4H3. The summed E-state index contributed by atoms with van der Waals surface area (Å²) in [7, 11) is 3.74. The molecule has 0 amide bonds. The third kappa shape index (κ3) is 4.54. The minimum atomic E-state index is -0.150. The van der Waals surface area contributed by atoms with Gasteiger partial charge < -0.3 is 20.1 Å². The Kier molecular flexibility index (Phi) is 5.86. The maximum absolute atomic E-state index is 9.63. The number of rotatable bonds is 6. The SMILES string of the molecule is CNC(CCN1CCCC(O)C1)C(C)(C)OC. The maximum Gasteiger partial charge on any atom is 0.0775 e. The van der Waals surface area contributed by atoms with Crippen molar-refractivity contribution in [3.8, 4) is 0 Å². The van der Waals surface area contributed by atoms with Gasteiger partial charge in [0.1, 0.15) is 0 Å². The van der Waals surface area contributed by atoms with Gasteiger partial charge in [-0.15, -0.1) is 0 Å². The van der Waals surface area contributed by atoms with Crippen molar-refractivity contribution in [3.63, 3.8) is 0 Å². The van der Waals surface area contributed by atoms with Gasteiger partial charge in [-0.3, -0.25) is 0 Å². The lowest BCUT2D eigenvalue weighted by molar-refractivity contribution is -0.0151. The number of β-amino-alcohol motifs (C(OH)–C–C–N with tert-alkyl or cyclic N) is 1. The minimum Gasteiger partial charge on any atom is -0.392 e. The molecule has 0 spiro atoms. The van der Waals surface area contributed by atoms with Crippen LogP contribution in [0.4, 0.5) is 0 Å². The van der Waals surface area contributed by atoms with Crippen molar-refractivity contribution in [2.24, 2.45) is 0 Å². The maximum atomic E-state index is 9.63. The Labute approximate surface area is 105 Å². The average Bonchev–Trinajstić information content (AvgIpc) is 2.29. The molecule has 1 heterocycles. The molecule has 0 bridgehead atoms. The molecule has 1 fully saturated rings. The molecule has 17 heavy (non-hydrogen) atoms. The molecule has 0 aromatic carbocycles. The van der Waals surface area contributed by atoms with Gasteiger partial charge in [0.05, 0.1) is 11.7 Å². The molecule has 0 radical (unpaired) electrons. The molecule has 1 aliphatic rings. The summed E-state index contributed by atoms with van der Waals surface area (Å²) >= 11 is 0. The first-order valence-electron chi connectivity index (χ1n) is 6.62. The van der Waals surface area contributed by atoms with Gasteiger partial charge in [0.15, 0.2) is 0 Å². The zero-order chi connectivity index (χ0) is 12.9. The van der Waals surface area contributed by atoms with Gasteiger partial charge in [0.2, 0.25) is 0 Å². The molecular weight excluding hydrogens is 216 g/mol. The summed E-state index contributed by atoms with van der Waals surface area (Å²) in [5, 5.41) is 13.0. The summed E-state index contributed by atoms with van der Waals surface area (Å²) in [5.41, 5.74) is -0.150. The van der Waals surface area contributed by atoms with E-state index in [4.69, 9.17) is 4.74 Å². The van der Waals surface area contributed by atoms with Crippen molar-refractivity contribution in [3.05, 3.63) is 0 Å². The summed E-state index contributed by atoms with van der Waals surface area (Å²) < 4.78 is 5.52. The third-order valence-corrected chi connectivity index (χ3v) is 3.93. The zero-order valence-electron chi connectivity index (χ0n) is 11.7. The van der Waals surface area contributed by atoms with Crippen LogP contribution in [0.5, 0.6) is 0 Å². The molecule has 0 aromatic rings. The molecule has 2 unspecified atom stereocenters. The van der Waals surface area contributed by atoms with Gasteiger partial charge >= 0.3 is 0 Å². The van der Waals surface area contributed by atoms with Crippen molar-refractivity contribution in [1.29, 1.82) is 0 Å². The van der Waals surface area contributed by atoms with E-state index in [1.165, 1.54) is 0 Å². The number of nitrogens with one attached hydrogen (secondary N) is 1. The molecule has 4 nitrogen and oxygen atoms in total. The Balaban J connectivity index is 2.37. The van der Waals surface area contributed by atoms with E-state index in [-0.39, 0.29) is 11.7 Å². The summed E-state index contributed by atoms with van der Waals surface area (Å²) in [6.07, 6.45) is 2.98. The predicted octanol–water partition coefficient (Wildman–Crippen LogP) is 0.846. The van der Waals surface area contributed by atoms with Crippen molar-refractivity contribution in [2.45, 2.75) is 50.9 Å². The Bertz CT molecular complexity index is 221. The van der Waals surface area contributed by atoms with Crippen LogP contribution in [0.2, 0.25) is 0 Å². The first-order chi connectivity index (χ1) is 7.99. The topological polar surface area (TPSA) is 44.7 Å². The summed E-state index contributed by atoms with van der Waals surface area (Å²) in [4.78, 5) is 2.35. The molecule has 1 rings (SSSR count). The summed E-state index contributed by atoms with van der Waals surface area (Å²) in [5.74, 6) is 0. The lowest BCUT2D eigenvalue weighted by Crippen LogP contribution is -2.49. The number of nitrogens with zero attached hydrogens (tertiary/aromatic N) is 1. The van der Waals surface area contributed by atoms with Crippen LogP contribution in [0, 0.1) is 0 Å². The highest BCUT2D eigenvalue weighted by atomic mass is 16.5. The molecule has 0 aliphatic carbocycles. The fourth-order valence-electron chi connectivity index (χ4n) is 2.53. The van der Waals surface area contributed by atoms with E-state index in [0.717, 1.165) is 38.9 Å². The first kappa shape index (κ1) is 14.9. The number of likely N-dealkylation sites (tertiary alicyclic amines) is 1. The van der Waals surface area contributed by atoms with E-state index in [9.17, 15) is 5.11 Å². The fraction of sp³-hybridized carbons (Fsp3) is 1.00. The van der Waals surface area contributed by atoms with E-state index in [0.29, 0.717) is 6.04 Å². The van der Waals surface area contributed by atoms with Crippen LogP contribution in [0.25, 0.3) is 0 Å². The second-order valence-corrected chi connectivity index (χ2v) is 5.53. The van der Waals surface area contributed by atoms with Crippen LogP contribution in [-0.2, 0) is 4.74 Å². The number of hydrogen-bond acceptors (Lipinski definition) is 4. The van der Waals surface area contributed by atoms with Crippen LogP contribution in [-0.4, -0.2) is 61.5 Å². The van der Waals surface area contributed by atoms with E-state index in [1.807, 2.05) is 7.05 Å². The van der Waals surface area contributed by atoms with Gasteiger partial charge in [-0.2, -0.15) is 0 Å². The van der Waals surface area contributed by atoms with E-state index in [1.54, 1.807) is 7.11 Å². The smallest absolute Gasteiger partial charge is 0.0775 e. The number of hydrogen-bond donors (Lipinski definition) is 2. The normalized spacial score (nSPS) is 24.9. The average molecular weight is 244 g/mol. The molecule has 1 aliphatic heterocycles. The van der Waals surface area contributed by atoms with E-state index >= 15 is 0 Å². The molecule has 2 atom stereocenters. The molecule has 1 saturated heterocycles. The number of aliphatic hydroxyl groups is 1. The predicted molar refractivity (Wildman–Crippen MR) is 70.2 cm³/mol. The van der Waals surface area contributed by atoms with Gasteiger partial charge in [0, 0.05) is 19.7 Å². The molecule has 102 valence electrons. The van der Waals surface area contributed by atoms with Crippen molar-refractivity contribution < 1.29 is 9.84 Å². The van der Waals surface area contributed by atoms with E-state index < -0.39 is 0 Å². The third-order valence-electron chi connectivity index (χ3n) is 3.93. The second-order valence-electron chi connectivity index (χ2n) is 5.53. The van der Waals surface area contributed by atoms with Crippen molar-refractivity contribution in [2.75, 3.05) is 33.8 Å². The van der Waals surface area contributed by atoms with Gasteiger partial charge in [-0.05, 0) is 53.2 Å². The monoisotopic (exact) mass is 244 g/mol. The first-order valence-corrected chi connectivity index (χ1v) is 6.62. The Hall–Kier alpha value is -0.160. The highest BCUT2D eigenvalue weighted by Gasteiger charge is 2.28. The lowest BCUT2D eigenvalue weighted by atomic mass is 9.95. The van der Waals surface area contributed by atoms with Crippen LogP contribution in [0.1, 0.15) is 33.1 Å². The minimum absolute atomic E-state index is 0.132. The highest BCUT2D eigenvalue weighted by Crippen LogP contribution is 2.18. The highest BCUT2D eigenvalue weighted by molar-refractivity contribution is 4.85.